The van der Waals surface area contributed by atoms with Crippen LogP contribution in [0, 0.1) is 37.6 Å². The fourth-order valence-electron chi connectivity index (χ4n) is 8.34. The number of thiazole rings is 1. The number of hydrogen-bond acceptors (Lipinski definition) is 10. The second-order valence-electron chi connectivity index (χ2n) is 19.0. The molecule has 68 heavy (non-hydrogen) atoms. The minimum absolute atomic E-state index is 0.0832. The van der Waals surface area contributed by atoms with E-state index in [0.717, 1.165) is 27.3 Å². The topological polar surface area (TPSA) is 147 Å². The molecule has 4 amide bonds. The number of anilines is 2. The number of nitrogens with one attached hydrogen (secondary N) is 2. The van der Waals surface area contributed by atoms with Crippen molar-refractivity contribution in [1.29, 1.82) is 0 Å². The van der Waals surface area contributed by atoms with Gasteiger partial charge in [0.05, 0.1) is 29.3 Å². The van der Waals surface area contributed by atoms with Crippen LogP contribution in [0.2, 0.25) is 0 Å². The van der Waals surface area contributed by atoms with Gasteiger partial charge in [-0.2, -0.15) is 0 Å². The van der Waals surface area contributed by atoms with Gasteiger partial charge in [0.2, 0.25) is 17.7 Å². The van der Waals surface area contributed by atoms with Crippen molar-refractivity contribution in [3.05, 3.63) is 100 Å². The van der Waals surface area contributed by atoms with E-state index >= 15 is 4.39 Å². The Labute approximate surface area is 408 Å². The molecule has 0 spiro atoms. The third-order valence-electron chi connectivity index (χ3n) is 12.1. The molecular formula is C51H62FN7O7S2. The van der Waals surface area contributed by atoms with E-state index in [2.05, 4.69) is 20.5 Å². The van der Waals surface area contributed by atoms with E-state index in [1.54, 1.807) is 66.2 Å². The number of carbonyl (C=O) groups excluding carboxylic acids is 4. The van der Waals surface area contributed by atoms with Gasteiger partial charge in [0.1, 0.15) is 24.2 Å². The highest BCUT2D eigenvalue weighted by Gasteiger charge is 2.50. The smallest absolute Gasteiger partial charge is 0.259 e. The Morgan fingerprint density at radius 2 is 1.68 bits per heavy atom. The second kappa shape index (κ2) is 22.5. The molecule has 0 saturated carbocycles. The Kier molecular flexibility index (Phi) is 17.1. The van der Waals surface area contributed by atoms with Gasteiger partial charge in [-0.25, -0.2) is 14.2 Å². The minimum atomic E-state index is -1.09. The van der Waals surface area contributed by atoms with Crippen LogP contribution in [-0.4, -0.2) is 95.8 Å². The molecule has 2 aliphatic rings. The van der Waals surface area contributed by atoms with Crippen molar-refractivity contribution in [3.63, 3.8) is 0 Å². The summed E-state index contributed by atoms with van der Waals surface area (Å²) in [6.45, 7) is 24.2. The highest BCUT2D eigenvalue weighted by atomic mass is 32.1. The van der Waals surface area contributed by atoms with Gasteiger partial charge in [0.25, 0.3) is 5.91 Å². The number of nitrogens with zero attached hydrogens (tertiary/aromatic N) is 5. The number of carbonyl (C=O) groups is 4. The van der Waals surface area contributed by atoms with Crippen LogP contribution < -0.4 is 25.2 Å². The fraction of sp³-hybridized carbons (Fsp3) is 0.471. The Morgan fingerprint density at radius 1 is 0.985 bits per heavy atom. The number of likely N-dealkylation sites (tertiary alicyclic amines) is 1. The van der Waals surface area contributed by atoms with E-state index in [4.69, 9.17) is 33.0 Å². The fourth-order valence-corrected chi connectivity index (χ4v) is 9.67. The molecule has 2 aliphatic heterocycles. The van der Waals surface area contributed by atoms with Crippen molar-refractivity contribution < 1.29 is 37.8 Å². The first-order valence-corrected chi connectivity index (χ1v) is 24.2. The number of amides is 4. The zero-order valence-electron chi connectivity index (χ0n) is 40.1. The van der Waals surface area contributed by atoms with Crippen molar-refractivity contribution >= 4 is 69.4 Å². The van der Waals surface area contributed by atoms with Crippen molar-refractivity contribution in [2.45, 2.75) is 105 Å². The minimum Gasteiger partial charge on any atom is -0.491 e. The first-order chi connectivity index (χ1) is 32.3. The molecule has 3 atom stereocenters. The number of ether oxygens (including phenoxy) is 3. The maximum atomic E-state index is 15.3. The van der Waals surface area contributed by atoms with E-state index in [9.17, 15) is 19.2 Å². The number of unbranched alkanes of at least 4 members (excludes halogenated alkanes) is 1. The quantitative estimate of drug-likeness (QED) is 0.0501. The molecule has 17 heteroatoms. The largest absolute Gasteiger partial charge is 0.491 e. The second-order valence-corrected chi connectivity index (χ2v) is 20.2. The summed E-state index contributed by atoms with van der Waals surface area (Å²) in [4.78, 5) is 67.8. The highest BCUT2D eigenvalue weighted by Crippen LogP contribution is 2.39. The summed E-state index contributed by atoms with van der Waals surface area (Å²) in [6.07, 6.45) is 2.38. The average Bonchev–Trinajstić information content (AvgIpc) is 3.96. The molecule has 2 fully saturated rings. The van der Waals surface area contributed by atoms with Gasteiger partial charge in [0, 0.05) is 50.4 Å². The molecular weight excluding hydrogens is 906 g/mol. The zero-order chi connectivity index (χ0) is 49.3. The number of aryl methyl sites for hydroxylation is 2. The lowest BCUT2D eigenvalue weighted by molar-refractivity contribution is -0.144. The number of aromatic nitrogens is 1. The van der Waals surface area contributed by atoms with Crippen molar-refractivity contribution in [2.24, 2.45) is 11.3 Å². The van der Waals surface area contributed by atoms with Crippen LogP contribution in [0.4, 0.5) is 21.5 Å². The molecule has 362 valence electrons. The van der Waals surface area contributed by atoms with E-state index < -0.39 is 34.8 Å². The van der Waals surface area contributed by atoms with Crippen molar-refractivity contribution in [1.82, 2.24) is 20.5 Å². The molecule has 6 rings (SSSR count). The third-order valence-corrected chi connectivity index (χ3v) is 13.4. The van der Waals surface area contributed by atoms with E-state index in [1.165, 1.54) is 17.0 Å². The molecule has 2 saturated heterocycles. The lowest BCUT2D eigenvalue weighted by atomic mass is 9.85. The predicted molar refractivity (Wildman–Crippen MR) is 266 cm³/mol. The maximum absolute atomic E-state index is 15.3. The lowest BCUT2D eigenvalue weighted by Crippen LogP contribution is -2.58. The first-order valence-electron chi connectivity index (χ1n) is 22.9. The summed E-state index contributed by atoms with van der Waals surface area (Å²) >= 11 is 7.33. The van der Waals surface area contributed by atoms with Gasteiger partial charge >= 0.3 is 0 Å². The van der Waals surface area contributed by atoms with Crippen LogP contribution >= 0.6 is 23.6 Å². The summed E-state index contributed by atoms with van der Waals surface area (Å²) < 4.78 is 32.4. The third kappa shape index (κ3) is 12.3. The Balaban J connectivity index is 0.868. The van der Waals surface area contributed by atoms with E-state index in [1.807, 2.05) is 64.4 Å². The standard InChI is InChI=1S/C51H62FN7O7S2/c1-32-25-41(46(61)54-28-35-13-15-36(16-14-35)44-34(3)55-31-68-44)57(29-32)47(62)45(50(4,5)6)56-43(60)30-65-23-12-22-64-21-10-11-24-66-42-20-18-38(27-39(42)52)59-49(67)58(48(63)51(59,7)8)37-17-19-40(53-9)33(2)26-37/h13-20,26-27,31-32,41,45H,10-12,21-25,28-30H2,1-8H3,(H,54,61)(H,56,60)/t32?,41?,45-/m1/s1. The highest BCUT2D eigenvalue weighted by molar-refractivity contribution is 7.81. The summed E-state index contributed by atoms with van der Waals surface area (Å²) in [7, 11) is 0. The van der Waals surface area contributed by atoms with E-state index in [0.29, 0.717) is 69.0 Å². The normalized spacial score (nSPS) is 17.3. The average molecular weight is 968 g/mol. The zero-order valence-corrected chi connectivity index (χ0v) is 41.8. The van der Waals surface area contributed by atoms with Crippen LogP contribution in [-0.2, 0) is 35.2 Å². The SMILES string of the molecule is [C-]#[N+]c1ccc(N2C(=O)C(C)(C)N(c3ccc(OCCCCOCCCOCC(=O)N[C@H](C(=O)N4CC(C)CC4C(=O)NCc4ccc(-c5scnc5C)cc4)C(C)(C)C)c(F)c3)C2=S)cc1C. The molecule has 0 bridgehead atoms. The Morgan fingerprint density at radius 3 is 2.34 bits per heavy atom. The molecule has 2 unspecified atom stereocenters. The maximum Gasteiger partial charge on any atom is 0.259 e. The monoisotopic (exact) mass is 967 g/mol. The van der Waals surface area contributed by atoms with Crippen LogP contribution in [0.25, 0.3) is 15.3 Å². The summed E-state index contributed by atoms with van der Waals surface area (Å²) in [5.74, 6) is -1.58. The van der Waals surface area contributed by atoms with Gasteiger partial charge < -0.3 is 34.6 Å². The number of hydrogen-bond donors (Lipinski definition) is 2. The van der Waals surface area contributed by atoms with Gasteiger partial charge in [-0.15, -0.1) is 11.3 Å². The van der Waals surface area contributed by atoms with Crippen LogP contribution in [0.15, 0.2) is 66.2 Å². The molecule has 2 N–H and O–H groups in total. The van der Waals surface area contributed by atoms with Crippen LogP contribution in [0.1, 0.15) is 84.0 Å². The Hall–Kier alpha value is -5.80. The van der Waals surface area contributed by atoms with Crippen LogP contribution in [0.3, 0.4) is 0 Å². The number of thiocarbonyl (C=S) groups is 1. The molecule has 0 radical (unpaired) electrons. The summed E-state index contributed by atoms with van der Waals surface area (Å²) in [5, 5.41) is 6.11. The molecule has 1 aromatic heterocycles. The first kappa shape index (κ1) is 51.6. The lowest BCUT2D eigenvalue weighted by Gasteiger charge is -2.35. The molecule has 0 aliphatic carbocycles. The van der Waals surface area contributed by atoms with Crippen LogP contribution in [0.5, 0.6) is 5.75 Å². The summed E-state index contributed by atoms with van der Waals surface area (Å²) in [6, 6.07) is 16.1. The summed E-state index contributed by atoms with van der Waals surface area (Å²) in [5.41, 5.74) is 5.28. The Bertz CT molecular complexity index is 2520. The van der Waals surface area contributed by atoms with Gasteiger partial charge in [-0.05, 0) is 118 Å². The van der Waals surface area contributed by atoms with Gasteiger partial charge in [-0.3, -0.25) is 24.1 Å². The van der Waals surface area contributed by atoms with Gasteiger partial charge in [0.15, 0.2) is 22.4 Å². The van der Waals surface area contributed by atoms with Gasteiger partial charge in [-0.1, -0.05) is 58.0 Å². The molecule has 14 nitrogen and oxygen atoms in total. The molecule has 3 heterocycles. The number of halogens is 1. The number of rotatable bonds is 20. The predicted octanol–water partition coefficient (Wildman–Crippen LogP) is 8.70. The van der Waals surface area contributed by atoms with Crippen molar-refractivity contribution in [2.75, 3.05) is 49.4 Å². The number of benzene rings is 3. The molecule has 4 aromatic rings. The van der Waals surface area contributed by atoms with E-state index in [-0.39, 0.29) is 54.3 Å². The molecule has 3 aromatic carbocycles. The van der Waals surface area contributed by atoms with Crippen molar-refractivity contribution in [3.8, 4) is 16.2 Å².